The number of hydrogen-bond acceptors (Lipinski definition) is 1. The monoisotopic (exact) mass is 261 g/mol. The molecule has 0 bridgehead atoms. The molecule has 5 heteroatoms. The van der Waals surface area contributed by atoms with Gasteiger partial charge in [0, 0.05) is 5.39 Å². The predicted molar refractivity (Wildman–Crippen MR) is 63.3 cm³/mol. The highest BCUT2D eigenvalue weighted by Crippen LogP contribution is 2.35. The van der Waals surface area contributed by atoms with Gasteiger partial charge >= 0.3 is 0 Å². The summed E-state index contributed by atoms with van der Waals surface area (Å²) in [6.07, 6.45) is 0. The van der Waals surface area contributed by atoms with Crippen molar-refractivity contribution in [1.29, 1.82) is 0 Å². The molecule has 1 aromatic heterocycles. The summed E-state index contributed by atoms with van der Waals surface area (Å²) in [6.45, 7) is 1.46. The Labute approximate surface area is 101 Å². The zero-order chi connectivity index (χ0) is 11.2. The predicted octanol–water partition coefficient (Wildman–Crippen LogP) is 4.33. The third-order valence-corrected chi connectivity index (χ3v) is 3.26. The van der Waals surface area contributed by atoms with Crippen molar-refractivity contribution in [3.63, 3.8) is 0 Å². The molecular weight excluding hydrogens is 256 g/mol. The number of nitrogens with one attached hydrogen (secondary N) is 1. The lowest BCUT2D eigenvalue weighted by Gasteiger charge is -1.97. The molecule has 0 aliphatic heterocycles. The SMILES string of the molecule is CC(=O)c1c(Cl)[nH]c2c(Cl)c(Cl)ccc12. The number of carbonyl (C=O) groups is 1. The van der Waals surface area contributed by atoms with Crippen molar-refractivity contribution in [1.82, 2.24) is 4.98 Å². The minimum Gasteiger partial charge on any atom is -0.344 e. The minimum atomic E-state index is -0.107. The van der Waals surface area contributed by atoms with Gasteiger partial charge in [0.15, 0.2) is 5.78 Å². The normalized spacial score (nSPS) is 10.9. The van der Waals surface area contributed by atoms with E-state index in [4.69, 9.17) is 34.8 Å². The third-order valence-electron chi connectivity index (χ3n) is 2.17. The van der Waals surface area contributed by atoms with E-state index in [9.17, 15) is 4.79 Å². The molecule has 0 atom stereocenters. The van der Waals surface area contributed by atoms with Gasteiger partial charge in [0.05, 0.1) is 21.1 Å². The average Bonchev–Trinajstić information content (AvgIpc) is 2.49. The Morgan fingerprint density at radius 3 is 2.53 bits per heavy atom. The highest BCUT2D eigenvalue weighted by atomic mass is 35.5. The largest absolute Gasteiger partial charge is 0.344 e. The lowest BCUT2D eigenvalue weighted by atomic mass is 10.1. The van der Waals surface area contributed by atoms with Crippen LogP contribution in [-0.4, -0.2) is 10.8 Å². The zero-order valence-corrected chi connectivity index (χ0v) is 9.96. The first kappa shape index (κ1) is 10.8. The molecule has 0 amide bonds. The summed E-state index contributed by atoms with van der Waals surface area (Å²) in [5.41, 5.74) is 1.05. The molecular formula is C10H6Cl3NO. The summed E-state index contributed by atoms with van der Waals surface area (Å²) in [4.78, 5) is 14.2. The molecule has 78 valence electrons. The Hall–Kier alpha value is -0.700. The van der Waals surface area contributed by atoms with Crippen molar-refractivity contribution in [2.45, 2.75) is 6.92 Å². The van der Waals surface area contributed by atoms with E-state index in [1.54, 1.807) is 12.1 Å². The van der Waals surface area contributed by atoms with Gasteiger partial charge in [-0.15, -0.1) is 0 Å². The number of benzene rings is 1. The topological polar surface area (TPSA) is 32.9 Å². The van der Waals surface area contributed by atoms with E-state index in [1.807, 2.05) is 0 Å². The molecule has 0 aliphatic carbocycles. The first-order valence-corrected chi connectivity index (χ1v) is 5.32. The summed E-state index contributed by atoms with van der Waals surface area (Å²) < 4.78 is 0. The van der Waals surface area contributed by atoms with Crippen LogP contribution in [-0.2, 0) is 0 Å². The van der Waals surface area contributed by atoms with Crippen LogP contribution in [0.3, 0.4) is 0 Å². The van der Waals surface area contributed by atoms with Crippen molar-refractivity contribution in [3.8, 4) is 0 Å². The van der Waals surface area contributed by atoms with Crippen molar-refractivity contribution < 1.29 is 4.79 Å². The van der Waals surface area contributed by atoms with E-state index in [0.29, 0.717) is 31.7 Å². The highest BCUT2D eigenvalue weighted by Gasteiger charge is 2.16. The quantitative estimate of drug-likeness (QED) is 0.762. The molecule has 2 rings (SSSR count). The second kappa shape index (κ2) is 3.71. The number of fused-ring (bicyclic) bond motifs is 1. The second-order valence-electron chi connectivity index (χ2n) is 3.15. The fourth-order valence-electron chi connectivity index (χ4n) is 1.52. The van der Waals surface area contributed by atoms with E-state index in [1.165, 1.54) is 6.92 Å². The summed E-state index contributed by atoms with van der Waals surface area (Å²) in [5, 5.41) is 1.80. The van der Waals surface area contributed by atoms with Crippen LogP contribution in [0, 0.1) is 0 Å². The van der Waals surface area contributed by atoms with Crippen LogP contribution in [0.15, 0.2) is 12.1 Å². The number of Topliss-reactive ketones (excluding diaryl/α,β-unsaturated/α-hetero) is 1. The maximum Gasteiger partial charge on any atom is 0.163 e. The Morgan fingerprint density at radius 1 is 1.27 bits per heavy atom. The molecule has 0 radical (unpaired) electrons. The standard InChI is InChI=1S/C10H6Cl3NO/c1-4(15)7-5-2-3-6(11)8(12)9(5)14-10(7)13/h2-3,14H,1H3. The second-order valence-corrected chi connectivity index (χ2v) is 4.32. The molecule has 1 N–H and O–H groups in total. The van der Waals surface area contributed by atoms with Crippen LogP contribution in [0.5, 0.6) is 0 Å². The number of aromatic nitrogens is 1. The number of carbonyl (C=O) groups excluding carboxylic acids is 1. The zero-order valence-electron chi connectivity index (χ0n) is 7.70. The molecule has 0 unspecified atom stereocenters. The number of aromatic amines is 1. The summed E-state index contributed by atoms with van der Waals surface area (Å²) in [5.74, 6) is -0.107. The van der Waals surface area contributed by atoms with Crippen LogP contribution in [0.4, 0.5) is 0 Å². The smallest absolute Gasteiger partial charge is 0.163 e. The third kappa shape index (κ3) is 1.63. The molecule has 15 heavy (non-hydrogen) atoms. The fourth-order valence-corrected chi connectivity index (χ4v) is 2.21. The van der Waals surface area contributed by atoms with E-state index < -0.39 is 0 Å². The maximum absolute atomic E-state index is 11.4. The van der Waals surface area contributed by atoms with Gasteiger partial charge in [-0.2, -0.15) is 0 Å². The number of hydrogen-bond donors (Lipinski definition) is 1. The van der Waals surface area contributed by atoms with Crippen molar-refractivity contribution in [2.24, 2.45) is 0 Å². The Kier molecular flexibility index (Phi) is 2.67. The first-order chi connectivity index (χ1) is 7.02. The minimum absolute atomic E-state index is 0.107. The number of H-pyrrole nitrogens is 1. The lowest BCUT2D eigenvalue weighted by Crippen LogP contribution is -1.90. The van der Waals surface area contributed by atoms with E-state index >= 15 is 0 Å². The molecule has 2 aromatic rings. The van der Waals surface area contributed by atoms with Crippen LogP contribution in [0.1, 0.15) is 17.3 Å². The Bertz CT molecular complexity index is 559. The van der Waals surface area contributed by atoms with Gasteiger partial charge in [0.1, 0.15) is 5.15 Å². The summed E-state index contributed by atoms with van der Waals surface area (Å²) in [6, 6.07) is 3.37. The molecule has 0 aliphatic rings. The van der Waals surface area contributed by atoms with Gasteiger partial charge in [0.25, 0.3) is 0 Å². The van der Waals surface area contributed by atoms with Gasteiger partial charge in [-0.05, 0) is 13.0 Å². The van der Waals surface area contributed by atoms with Crippen LogP contribution < -0.4 is 0 Å². The number of ketones is 1. The fraction of sp³-hybridized carbons (Fsp3) is 0.100. The van der Waals surface area contributed by atoms with Crippen LogP contribution >= 0.6 is 34.8 Å². The molecule has 2 nitrogen and oxygen atoms in total. The van der Waals surface area contributed by atoms with Crippen LogP contribution in [0.25, 0.3) is 10.9 Å². The number of rotatable bonds is 1. The Morgan fingerprint density at radius 2 is 1.93 bits per heavy atom. The first-order valence-electron chi connectivity index (χ1n) is 4.18. The van der Waals surface area contributed by atoms with E-state index in [-0.39, 0.29) is 5.78 Å². The highest BCUT2D eigenvalue weighted by molar-refractivity contribution is 6.46. The molecule has 0 saturated heterocycles. The average molecular weight is 263 g/mol. The molecule has 0 saturated carbocycles. The molecule has 0 fully saturated rings. The van der Waals surface area contributed by atoms with Gasteiger partial charge in [-0.3, -0.25) is 4.79 Å². The van der Waals surface area contributed by atoms with Gasteiger partial charge in [0.2, 0.25) is 0 Å². The van der Waals surface area contributed by atoms with Crippen LogP contribution in [0.2, 0.25) is 15.2 Å². The van der Waals surface area contributed by atoms with E-state index in [0.717, 1.165) is 0 Å². The van der Waals surface area contributed by atoms with Crippen molar-refractivity contribution in [3.05, 3.63) is 32.9 Å². The van der Waals surface area contributed by atoms with Crippen molar-refractivity contribution in [2.75, 3.05) is 0 Å². The lowest BCUT2D eigenvalue weighted by molar-refractivity contribution is 0.101. The van der Waals surface area contributed by atoms with Gasteiger partial charge in [-0.25, -0.2) is 0 Å². The summed E-state index contributed by atoms with van der Waals surface area (Å²) in [7, 11) is 0. The maximum atomic E-state index is 11.4. The number of halogens is 3. The van der Waals surface area contributed by atoms with Gasteiger partial charge < -0.3 is 4.98 Å². The molecule has 0 spiro atoms. The molecule has 1 aromatic carbocycles. The van der Waals surface area contributed by atoms with E-state index in [2.05, 4.69) is 4.98 Å². The Balaban J connectivity index is 2.91. The van der Waals surface area contributed by atoms with Gasteiger partial charge in [-0.1, -0.05) is 40.9 Å². The van der Waals surface area contributed by atoms with Crippen molar-refractivity contribution >= 4 is 51.5 Å². The summed E-state index contributed by atoms with van der Waals surface area (Å²) >= 11 is 17.7. The molecule has 1 heterocycles.